The van der Waals surface area contributed by atoms with E-state index in [1.807, 2.05) is 0 Å². The standard InChI is InChI=1S/C8H8N2.2In/c1-3-5-9-7-8-10-6-4-2;;/h1-8H;;/q-2;2*+1/b5-3?,6-4?,8-7+;;. The molecule has 0 radical (unpaired) electrons. The Balaban J connectivity index is 1.93. The summed E-state index contributed by atoms with van der Waals surface area (Å²) in [5.41, 5.74) is 0. The van der Waals surface area contributed by atoms with E-state index in [9.17, 15) is 0 Å². The molecule has 0 aromatic carbocycles. The van der Waals surface area contributed by atoms with E-state index in [1.54, 1.807) is 0 Å². The molecule has 2 nitrogen and oxygen atoms in total. The van der Waals surface area contributed by atoms with Gasteiger partial charge in [-0.25, -0.2) is 0 Å². The molecule has 2 rings (SSSR count). The molecule has 0 N–H and O–H groups in total. The molecule has 2 heterocycles. The Labute approximate surface area is 94.7 Å². The summed E-state index contributed by atoms with van der Waals surface area (Å²) in [6, 6.07) is 0. The molecule has 0 aliphatic carbocycles. The summed E-state index contributed by atoms with van der Waals surface area (Å²) in [5, 5.41) is 0. The first-order chi connectivity index (χ1) is 5.95. The average Bonchev–Trinajstić information content (AvgIpc) is 2.74. The molecule has 0 saturated carbocycles. The van der Waals surface area contributed by atoms with Gasteiger partial charge >= 0.3 is 95.7 Å². The zero-order valence-electron chi connectivity index (χ0n) is 6.67. The fraction of sp³-hybridized carbons (Fsp3) is 0. The van der Waals surface area contributed by atoms with Crippen molar-refractivity contribution in [1.82, 2.24) is 5.78 Å². The van der Waals surface area contributed by atoms with Crippen LogP contribution in [0, 0.1) is 0 Å². The molecular formula is C8H8In2N2. The van der Waals surface area contributed by atoms with E-state index in [-0.39, 0.29) is 0 Å². The molecule has 0 amide bonds. The van der Waals surface area contributed by atoms with Crippen LogP contribution in [-0.4, -0.2) is 58.7 Å². The predicted molar refractivity (Wildman–Crippen MR) is 54.7 cm³/mol. The van der Waals surface area contributed by atoms with Crippen LogP contribution in [0.4, 0.5) is 0 Å². The summed E-state index contributed by atoms with van der Waals surface area (Å²) in [4.78, 5) is 0. The van der Waals surface area contributed by atoms with Crippen molar-refractivity contribution in [3.63, 3.8) is 0 Å². The molecule has 0 unspecified atom stereocenters. The molecule has 2 aliphatic heterocycles. The third kappa shape index (κ3) is 2.39. The van der Waals surface area contributed by atoms with Crippen LogP contribution in [0.3, 0.4) is 0 Å². The van der Waals surface area contributed by atoms with Crippen molar-refractivity contribution in [2.75, 3.05) is 0 Å². The van der Waals surface area contributed by atoms with Crippen molar-refractivity contribution in [2.24, 2.45) is 0 Å². The van der Waals surface area contributed by atoms with E-state index < -0.39 is 45.4 Å². The van der Waals surface area contributed by atoms with Crippen molar-refractivity contribution < 1.29 is 0 Å². The van der Waals surface area contributed by atoms with Gasteiger partial charge in [0.1, 0.15) is 0 Å². The molecule has 0 aromatic heterocycles. The van der Waals surface area contributed by atoms with Gasteiger partial charge in [-0.3, -0.25) is 0 Å². The molecule has 0 fully saturated rings. The van der Waals surface area contributed by atoms with E-state index >= 15 is 0 Å². The summed E-state index contributed by atoms with van der Waals surface area (Å²) in [5.74, 6) is 0. The molecule has 12 heavy (non-hydrogen) atoms. The van der Waals surface area contributed by atoms with Crippen molar-refractivity contribution in [3.8, 4) is 0 Å². The SMILES string of the molecule is C1=C[N](/C=C/[N]2C=C[CH]=[In]2)[In]=[CH]1. The van der Waals surface area contributed by atoms with E-state index in [1.165, 1.54) is 0 Å². The maximum absolute atomic E-state index is 2.37. The molecule has 0 saturated heterocycles. The van der Waals surface area contributed by atoms with E-state index in [2.05, 4.69) is 50.2 Å². The van der Waals surface area contributed by atoms with Crippen LogP contribution < -0.4 is 0 Å². The molecular weight excluding hydrogens is 354 g/mol. The Morgan fingerprint density at radius 1 is 0.833 bits per heavy atom. The summed E-state index contributed by atoms with van der Waals surface area (Å²) >= 11 is -1.05. The second-order valence-corrected chi connectivity index (χ2v) is 9.86. The van der Waals surface area contributed by atoms with E-state index in [0.29, 0.717) is 0 Å². The van der Waals surface area contributed by atoms with Crippen LogP contribution >= 0.6 is 0 Å². The topological polar surface area (TPSA) is 6.48 Å². The molecule has 4 heteroatoms. The number of hydrogen-bond donors (Lipinski definition) is 0. The normalized spacial score (nSPS) is 18.0. The minimum absolute atomic E-state index is 0.526. The Kier molecular flexibility index (Phi) is 3.34. The van der Waals surface area contributed by atoms with Crippen LogP contribution in [0.25, 0.3) is 0 Å². The second kappa shape index (κ2) is 4.51. The molecule has 2 aliphatic rings. The first-order valence-electron chi connectivity index (χ1n) is 3.88. The van der Waals surface area contributed by atoms with Gasteiger partial charge in [-0.1, -0.05) is 0 Å². The van der Waals surface area contributed by atoms with Gasteiger partial charge < -0.3 is 0 Å². The van der Waals surface area contributed by atoms with Crippen LogP contribution in [0.15, 0.2) is 37.0 Å². The number of hydrogen-bond acceptors (Lipinski definition) is 2. The van der Waals surface area contributed by atoms with Gasteiger partial charge in [0.15, 0.2) is 0 Å². The molecule has 0 spiro atoms. The summed E-state index contributed by atoms with van der Waals surface area (Å²) < 4.78 is 9.41. The van der Waals surface area contributed by atoms with Crippen LogP contribution in [0.5, 0.6) is 0 Å². The number of rotatable bonds is 2. The Morgan fingerprint density at radius 3 is 1.67 bits per heavy atom. The number of allylic oxidation sites excluding steroid dienone is 2. The zero-order chi connectivity index (χ0) is 8.23. The van der Waals surface area contributed by atoms with E-state index in [4.69, 9.17) is 0 Å². The minimum atomic E-state index is -0.526. The van der Waals surface area contributed by atoms with Crippen molar-refractivity contribution in [1.29, 1.82) is 0 Å². The van der Waals surface area contributed by atoms with Crippen LogP contribution in [0.2, 0.25) is 0 Å². The fourth-order valence-corrected chi connectivity index (χ4v) is 5.46. The summed E-state index contributed by atoms with van der Waals surface area (Å²) in [6.45, 7) is 0. The molecule has 0 bridgehead atoms. The summed E-state index contributed by atoms with van der Waals surface area (Å²) in [6.07, 6.45) is 13.1. The average molecular weight is 362 g/mol. The Bertz CT molecular complexity index is 248. The van der Waals surface area contributed by atoms with Crippen LogP contribution in [-0.2, 0) is 0 Å². The second-order valence-electron chi connectivity index (χ2n) is 2.56. The van der Waals surface area contributed by atoms with Crippen LogP contribution in [0.1, 0.15) is 0 Å². The molecule has 0 atom stereocenters. The van der Waals surface area contributed by atoms with Crippen molar-refractivity contribution in [3.05, 3.63) is 37.0 Å². The third-order valence-electron chi connectivity index (χ3n) is 1.67. The van der Waals surface area contributed by atoms with Gasteiger partial charge in [-0.15, -0.1) is 0 Å². The van der Waals surface area contributed by atoms with Gasteiger partial charge in [0.25, 0.3) is 0 Å². The van der Waals surface area contributed by atoms with Gasteiger partial charge in [0.2, 0.25) is 0 Å². The van der Waals surface area contributed by atoms with Gasteiger partial charge in [-0.05, 0) is 0 Å². The summed E-state index contributed by atoms with van der Waals surface area (Å²) in [7, 11) is 0. The maximum atomic E-state index is 2.37. The first-order valence-corrected chi connectivity index (χ1v) is 10.6. The molecule has 0 aromatic rings. The Hall–Kier alpha value is 0.300. The predicted octanol–water partition coefficient (Wildman–Crippen LogP) is -0.0410. The first kappa shape index (κ1) is 8.88. The Morgan fingerprint density at radius 2 is 1.33 bits per heavy atom. The number of nitrogens with zero attached hydrogens (tertiary/aromatic N) is 2. The monoisotopic (exact) mass is 362 g/mol. The van der Waals surface area contributed by atoms with Gasteiger partial charge in [0, 0.05) is 0 Å². The third-order valence-corrected chi connectivity index (χ3v) is 7.85. The van der Waals surface area contributed by atoms with Crippen molar-refractivity contribution in [2.45, 2.75) is 0 Å². The molecule has 56 valence electrons. The quantitative estimate of drug-likeness (QED) is 0.681. The van der Waals surface area contributed by atoms with Gasteiger partial charge in [-0.2, -0.15) is 0 Å². The zero-order valence-corrected chi connectivity index (χ0v) is 13.3. The van der Waals surface area contributed by atoms with E-state index in [0.717, 1.165) is 0 Å². The van der Waals surface area contributed by atoms with Crippen molar-refractivity contribution >= 4 is 52.9 Å². The van der Waals surface area contributed by atoms with Gasteiger partial charge in [0.05, 0.1) is 0 Å². The fourth-order valence-electron chi connectivity index (χ4n) is 1.05.